The van der Waals surface area contributed by atoms with Crippen LogP contribution in [0.25, 0.3) is 21.9 Å². The fraction of sp³-hybridized carbons (Fsp3) is 0.381. The van der Waals surface area contributed by atoms with Crippen molar-refractivity contribution in [1.29, 1.82) is 0 Å². The van der Waals surface area contributed by atoms with Gasteiger partial charge < -0.3 is 0 Å². The maximum atomic E-state index is 2.53. The predicted octanol–water partition coefficient (Wildman–Crippen LogP) is 4.91. The van der Waals surface area contributed by atoms with Crippen LogP contribution in [-0.4, -0.2) is 0 Å². The Labute approximate surface area is 125 Å². The summed E-state index contributed by atoms with van der Waals surface area (Å²) < 4.78 is 0. The molecule has 0 heterocycles. The molecule has 104 valence electrons. The molecule has 0 spiro atoms. The Kier molecular flexibility index (Phi) is 1.68. The van der Waals surface area contributed by atoms with E-state index < -0.39 is 0 Å². The maximum Gasteiger partial charge on any atom is -0.0152 e. The van der Waals surface area contributed by atoms with Gasteiger partial charge in [0.2, 0.25) is 0 Å². The lowest BCUT2D eigenvalue weighted by molar-refractivity contribution is 0.390. The van der Waals surface area contributed by atoms with Crippen LogP contribution in [0.1, 0.15) is 47.6 Å². The van der Waals surface area contributed by atoms with Crippen LogP contribution in [-0.2, 0) is 31.1 Å². The zero-order valence-corrected chi connectivity index (χ0v) is 12.6. The number of hydrogen-bond acceptors (Lipinski definition) is 0. The van der Waals surface area contributed by atoms with Gasteiger partial charge >= 0.3 is 0 Å². The monoisotopic (exact) mass is 271 g/mol. The number of hydrogen-bond donors (Lipinski definition) is 0. The van der Waals surface area contributed by atoms with Gasteiger partial charge in [0, 0.05) is 0 Å². The molecule has 5 aliphatic carbocycles. The molecule has 5 aliphatic rings. The molecular weight excluding hydrogens is 252 g/mol. The van der Waals surface area contributed by atoms with E-state index in [2.05, 4.69) is 31.2 Å². The van der Waals surface area contributed by atoms with E-state index in [1.807, 2.05) is 0 Å². The molecule has 0 saturated heterocycles. The Bertz CT molecular complexity index is 908. The highest BCUT2D eigenvalue weighted by molar-refractivity contribution is 6.13. The molecule has 0 N–H and O–H groups in total. The highest BCUT2D eigenvalue weighted by atomic mass is 14.5. The van der Waals surface area contributed by atoms with Crippen LogP contribution in [0.15, 0.2) is 24.3 Å². The van der Waals surface area contributed by atoms with Crippen LogP contribution < -0.4 is 0 Å². The van der Waals surface area contributed by atoms with E-state index in [4.69, 9.17) is 0 Å². The van der Waals surface area contributed by atoms with Gasteiger partial charge in [-0.3, -0.25) is 0 Å². The molecule has 1 aromatic rings. The molecule has 0 aromatic heterocycles. The van der Waals surface area contributed by atoms with Crippen molar-refractivity contribution >= 4 is 10.8 Å². The van der Waals surface area contributed by atoms with Gasteiger partial charge in [0.25, 0.3) is 0 Å². The quantitative estimate of drug-likeness (QED) is 0.509. The van der Waals surface area contributed by atoms with E-state index in [9.17, 15) is 0 Å². The van der Waals surface area contributed by atoms with Crippen LogP contribution >= 0.6 is 0 Å². The summed E-state index contributed by atoms with van der Waals surface area (Å²) >= 11 is 0. The SMILES string of the molecule is CC12CCc3cc[c-]4c5c6c(ccc(c6c1c3-5)CC2)CC4. The van der Waals surface area contributed by atoms with Crippen LogP contribution in [0, 0.1) is 0 Å². The fourth-order valence-electron chi connectivity index (χ4n) is 5.55. The Morgan fingerprint density at radius 3 is 2.52 bits per heavy atom. The normalized spacial score (nSPS) is 25.4. The molecule has 0 amide bonds. The van der Waals surface area contributed by atoms with Gasteiger partial charge in [-0.2, -0.15) is 0 Å². The van der Waals surface area contributed by atoms with Crippen molar-refractivity contribution in [3.8, 4) is 11.1 Å². The molecule has 6 rings (SSSR count). The second kappa shape index (κ2) is 3.21. The molecule has 0 heteroatoms. The first-order valence-electron chi connectivity index (χ1n) is 8.44. The Morgan fingerprint density at radius 1 is 0.905 bits per heavy atom. The predicted molar refractivity (Wildman–Crippen MR) is 87.6 cm³/mol. The van der Waals surface area contributed by atoms with Gasteiger partial charge in [-0.05, 0) is 43.1 Å². The highest BCUT2D eigenvalue weighted by Crippen LogP contribution is 2.58. The zero-order chi connectivity index (χ0) is 13.8. The minimum atomic E-state index is 0.432. The third-order valence-corrected chi connectivity index (χ3v) is 6.67. The molecule has 0 nitrogen and oxygen atoms in total. The average molecular weight is 271 g/mol. The van der Waals surface area contributed by atoms with Crippen molar-refractivity contribution in [2.75, 3.05) is 0 Å². The van der Waals surface area contributed by atoms with Crippen molar-refractivity contribution < 1.29 is 0 Å². The van der Waals surface area contributed by atoms with Crippen molar-refractivity contribution in [3.05, 3.63) is 52.1 Å². The lowest BCUT2D eigenvalue weighted by Gasteiger charge is -2.42. The summed E-state index contributed by atoms with van der Waals surface area (Å²) in [5.74, 6) is 0. The first kappa shape index (κ1) is 11.0. The molecule has 0 aliphatic heterocycles. The number of benzene rings is 2. The van der Waals surface area contributed by atoms with E-state index >= 15 is 0 Å². The van der Waals surface area contributed by atoms with Crippen LogP contribution in [0.3, 0.4) is 0 Å². The molecular formula is C21H19-. The summed E-state index contributed by atoms with van der Waals surface area (Å²) in [6.07, 6.45) is 7.72. The zero-order valence-electron chi connectivity index (χ0n) is 12.6. The number of rotatable bonds is 0. The number of aryl methyl sites for hydroxylation is 4. The van der Waals surface area contributed by atoms with Gasteiger partial charge in [0.15, 0.2) is 0 Å². The summed E-state index contributed by atoms with van der Waals surface area (Å²) in [5.41, 5.74) is 12.0. The molecule has 0 fully saturated rings. The Morgan fingerprint density at radius 2 is 1.67 bits per heavy atom. The topological polar surface area (TPSA) is 0 Å². The Hall–Kier alpha value is -1.69. The van der Waals surface area contributed by atoms with E-state index in [-0.39, 0.29) is 0 Å². The minimum absolute atomic E-state index is 0.432. The molecule has 0 saturated carbocycles. The summed E-state index contributed by atoms with van der Waals surface area (Å²) in [6, 6.07) is 9.73. The van der Waals surface area contributed by atoms with Crippen molar-refractivity contribution in [2.24, 2.45) is 0 Å². The minimum Gasteiger partial charge on any atom is -0.142 e. The van der Waals surface area contributed by atoms with Crippen molar-refractivity contribution in [1.82, 2.24) is 0 Å². The van der Waals surface area contributed by atoms with E-state index in [1.165, 1.54) is 38.5 Å². The molecule has 0 bridgehead atoms. The van der Waals surface area contributed by atoms with Gasteiger partial charge in [0.05, 0.1) is 0 Å². The second-order valence-electron chi connectivity index (χ2n) is 7.70. The van der Waals surface area contributed by atoms with E-state index in [0.717, 1.165) is 0 Å². The van der Waals surface area contributed by atoms with Crippen molar-refractivity contribution in [3.63, 3.8) is 0 Å². The summed E-state index contributed by atoms with van der Waals surface area (Å²) in [6.45, 7) is 2.53. The molecule has 1 aromatic carbocycles. The maximum absolute atomic E-state index is 2.53. The molecule has 21 heavy (non-hydrogen) atoms. The average Bonchev–Trinajstić information content (AvgIpc) is 2.89. The highest BCUT2D eigenvalue weighted by Gasteiger charge is 2.38. The summed E-state index contributed by atoms with van der Waals surface area (Å²) in [5, 5.41) is 3.32. The molecule has 1 unspecified atom stereocenters. The molecule has 1 atom stereocenters. The van der Waals surface area contributed by atoms with Gasteiger partial charge in [-0.25, -0.2) is 0 Å². The first-order valence-corrected chi connectivity index (χ1v) is 8.44. The largest absolute Gasteiger partial charge is 0.142 e. The smallest absolute Gasteiger partial charge is 0.0152 e. The third kappa shape index (κ3) is 1.08. The lowest BCUT2D eigenvalue weighted by atomic mass is 9.65. The van der Waals surface area contributed by atoms with Crippen LogP contribution in [0.4, 0.5) is 0 Å². The van der Waals surface area contributed by atoms with Gasteiger partial charge in [-0.1, -0.05) is 47.4 Å². The van der Waals surface area contributed by atoms with Gasteiger partial charge in [0.1, 0.15) is 0 Å². The standard InChI is InChI=1S/C21H19/c1-21-10-8-14-6-4-12-2-3-13-5-7-15(9-11-21)19-17(13)16(12)18(14)20(19)21/h4-7H,2-3,8-11H2,1H3/q-1. The first-order chi connectivity index (χ1) is 10.3. The second-order valence-corrected chi connectivity index (χ2v) is 7.70. The Balaban J connectivity index is 1.99. The third-order valence-electron chi connectivity index (χ3n) is 6.67. The lowest BCUT2D eigenvalue weighted by Crippen LogP contribution is -2.30. The van der Waals surface area contributed by atoms with Crippen molar-refractivity contribution in [2.45, 2.75) is 50.9 Å². The summed E-state index contributed by atoms with van der Waals surface area (Å²) in [4.78, 5) is 0. The molecule has 0 radical (unpaired) electrons. The van der Waals surface area contributed by atoms with Gasteiger partial charge in [-0.15, -0.1) is 34.4 Å². The fourth-order valence-corrected chi connectivity index (χ4v) is 5.55. The van der Waals surface area contributed by atoms with Crippen LogP contribution in [0.2, 0.25) is 0 Å². The van der Waals surface area contributed by atoms with E-state index in [0.29, 0.717) is 5.41 Å². The van der Waals surface area contributed by atoms with Crippen LogP contribution in [0.5, 0.6) is 0 Å². The van der Waals surface area contributed by atoms with E-state index in [1.54, 1.807) is 49.7 Å². The summed E-state index contributed by atoms with van der Waals surface area (Å²) in [7, 11) is 0.